The Balaban J connectivity index is 1.76. The molecule has 0 spiro atoms. The normalized spacial score (nSPS) is 24.1. The summed E-state index contributed by atoms with van der Waals surface area (Å²) in [6, 6.07) is 9.04. The molecule has 1 aliphatic rings. The highest BCUT2D eigenvalue weighted by atomic mass is 16.3. The summed E-state index contributed by atoms with van der Waals surface area (Å²) in [6.45, 7) is 1.21. The Morgan fingerprint density at radius 2 is 1.95 bits per heavy atom. The molecule has 0 heterocycles. The Labute approximate surface area is 120 Å². The summed E-state index contributed by atoms with van der Waals surface area (Å²) >= 11 is 0. The fraction of sp³-hybridized carbons (Fsp3) is 0.562. The summed E-state index contributed by atoms with van der Waals surface area (Å²) in [5, 5.41) is 31.9. The van der Waals surface area contributed by atoms with Crippen LogP contribution in [-0.2, 0) is 0 Å². The number of aliphatic hydroxyl groups excluding tert-OH is 2. The van der Waals surface area contributed by atoms with Gasteiger partial charge in [0.15, 0.2) is 0 Å². The molecule has 3 atom stereocenters. The van der Waals surface area contributed by atoms with Gasteiger partial charge >= 0.3 is 0 Å². The van der Waals surface area contributed by atoms with Gasteiger partial charge in [-0.1, -0.05) is 25.0 Å². The number of hydrogen-bond donors (Lipinski definition) is 3. The van der Waals surface area contributed by atoms with Crippen molar-refractivity contribution in [3.05, 3.63) is 35.4 Å². The van der Waals surface area contributed by atoms with E-state index in [1.807, 2.05) is 0 Å². The molecule has 3 unspecified atom stereocenters. The SMILES string of the molecule is N#Cc1ccc(C(O)CNCC2CCCCC2O)cc1. The number of nitrogens with one attached hydrogen (secondary N) is 1. The first kappa shape index (κ1) is 15.0. The van der Waals surface area contributed by atoms with Crippen molar-refractivity contribution in [3.63, 3.8) is 0 Å². The topological polar surface area (TPSA) is 76.3 Å². The van der Waals surface area contributed by atoms with Crippen molar-refractivity contribution in [2.45, 2.75) is 37.9 Å². The molecule has 108 valence electrons. The molecule has 1 aromatic rings. The molecule has 0 bridgehead atoms. The van der Waals surface area contributed by atoms with E-state index in [1.165, 1.54) is 6.42 Å². The third kappa shape index (κ3) is 4.04. The summed E-state index contributed by atoms with van der Waals surface area (Å²) in [5.74, 6) is 0.303. The van der Waals surface area contributed by atoms with E-state index < -0.39 is 6.10 Å². The third-order valence-corrected chi connectivity index (χ3v) is 4.04. The number of hydrogen-bond acceptors (Lipinski definition) is 4. The second kappa shape index (κ2) is 7.39. The van der Waals surface area contributed by atoms with E-state index in [2.05, 4.69) is 11.4 Å². The maximum absolute atomic E-state index is 10.1. The van der Waals surface area contributed by atoms with Gasteiger partial charge in [0.2, 0.25) is 0 Å². The molecule has 2 rings (SSSR count). The summed E-state index contributed by atoms with van der Waals surface area (Å²) in [7, 11) is 0. The minimum Gasteiger partial charge on any atom is -0.393 e. The molecule has 4 nitrogen and oxygen atoms in total. The molecule has 0 saturated heterocycles. The number of nitriles is 1. The summed E-state index contributed by atoms with van der Waals surface area (Å²) in [5.41, 5.74) is 1.40. The van der Waals surface area contributed by atoms with E-state index >= 15 is 0 Å². The lowest BCUT2D eigenvalue weighted by Gasteiger charge is -2.28. The van der Waals surface area contributed by atoms with Crippen molar-refractivity contribution < 1.29 is 10.2 Å². The lowest BCUT2D eigenvalue weighted by Crippen LogP contribution is -2.35. The predicted molar refractivity (Wildman–Crippen MR) is 77.0 cm³/mol. The maximum atomic E-state index is 10.1. The largest absolute Gasteiger partial charge is 0.393 e. The summed E-state index contributed by atoms with van der Waals surface area (Å²) in [6.07, 6.45) is 3.46. The Hall–Kier alpha value is -1.41. The smallest absolute Gasteiger partial charge is 0.0991 e. The molecule has 0 aromatic heterocycles. The first-order valence-electron chi connectivity index (χ1n) is 7.27. The van der Waals surface area contributed by atoms with Crippen LogP contribution in [0.25, 0.3) is 0 Å². The highest BCUT2D eigenvalue weighted by molar-refractivity contribution is 5.32. The molecule has 1 fully saturated rings. The molecule has 4 heteroatoms. The second-order valence-electron chi connectivity index (χ2n) is 5.52. The standard InChI is InChI=1S/C16H22N2O2/c17-9-12-5-7-13(8-6-12)16(20)11-18-10-14-3-1-2-4-15(14)19/h5-8,14-16,18-20H,1-4,10-11H2. The minimum atomic E-state index is -0.580. The van der Waals surface area contributed by atoms with E-state index in [0.717, 1.165) is 31.4 Å². The Morgan fingerprint density at radius 1 is 1.25 bits per heavy atom. The zero-order chi connectivity index (χ0) is 14.4. The van der Waals surface area contributed by atoms with Crippen molar-refractivity contribution in [3.8, 4) is 6.07 Å². The zero-order valence-electron chi connectivity index (χ0n) is 11.6. The molecule has 0 amide bonds. The van der Waals surface area contributed by atoms with E-state index in [-0.39, 0.29) is 6.10 Å². The van der Waals surface area contributed by atoms with Crippen molar-refractivity contribution in [2.75, 3.05) is 13.1 Å². The second-order valence-corrected chi connectivity index (χ2v) is 5.52. The Kier molecular flexibility index (Phi) is 5.54. The van der Waals surface area contributed by atoms with Gasteiger partial charge in [-0.25, -0.2) is 0 Å². The van der Waals surface area contributed by atoms with Crippen LogP contribution in [0.4, 0.5) is 0 Å². The van der Waals surface area contributed by atoms with Crippen LogP contribution in [0.5, 0.6) is 0 Å². The number of aliphatic hydroxyl groups is 2. The molecule has 1 aromatic carbocycles. The van der Waals surface area contributed by atoms with E-state index in [1.54, 1.807) is 24.3 Å². The van der Waals surface area contributed by atoms with Crippen LogP contribution in [0.2, 0.25) is 0 Å². The van der Waals surface area contributed by atoms with Gasteiger partial charge in [0.25, 0.3) is 0 Å². The highest BCUT2D eigenvalue weighted by Gasteiger charge is 2.22. The molecular formula is C16H22N2O2. The molecule has 1 saturated carbocycles. The number of benzene rings is 1. The zero-order valence-corrected chi connectivity index (χ0v) is 11.6. The lowest BCUT2D eigenvalue weighted by molar-refractivity contribution is 0.0669. The van der Waals surface area contributed by atoms with Crippen LogP contribution in [0.15, 0.2) is 24.3 Å². The van der Waals surface area contributed by atoms with Crippen LogP contribution in [0.3, 0.4) is 0 Å². The fourth-order valence-electron chi connectivity index (χ4n) is 2.73. The van der Waals surface area contributed by atoms with Crippen LogP contribution in [-0.4, -0.2) is 29.4 Å². The van der Waals surface area contributed by atoms with Crippen molar-refractivity contribution in [1.29, 1.82) is 5.26 Å². The number of nitrogens with zero attached hydrogens (tertiary/aromatic N) is 1. The molecule has 0 aliphatic heterocycles. The highest BCUT2D eigenvalue weighted by Crippen LogP contribution is 2.23. The molecule has 3 N–H and O–H groups in total. The van der Waals surface area contributed by atoms with Crippen LogP contribution in [0, 0.1) is 17.2 Å². The monoisotopic (exact) mass is 274 g/mol. The van der Waals surface area contributed by atoms with Gasteiger partial charge in [-0.2, -0.15) is 5.26 Å². The van der Waals surface area contributed by atoms with Crippen LogP contribution < -0.4 is 5.32 Å². The van der Waals surface area contributed by atoms with Gasteiger partial charge in [0, 0.05) is 13.1 Å². The maximum Gasteiger partial charge on any atom is 0.0991 e. The Morgan fingerprint density at radius 3 is 2.60 bits per heavy atom. The average Bonchev–Trinajstić information content (AvgIpc) is 2.49. The molecular weight excluding hydrogens is 252 g/mol. The van der Waals surface area contributed by atoms with Gasteiger partial charge in [0.1, 0.15) is 0 Å². The number of rotatable bonds is 5. The van der Waals surface area contributed by atoms with E-state index in [4.69, 9.17) is 5.26 Å². The van der Waals surface area contributed by atoms with Gasteiger partial charge in [0.05, 0.1) is 23.8 Å². The first-order valence-corrected chi connectivity index (χ1v) is 7.27. The predicted octanol–water partition coefficient (Wildman–Crippen LogP) is 1.73. The lowest BCUT2D eigenvalue weighted by atomic mass is 9.86. The molecule has 20 heavy (non-hydrogen) atoms. The van der Waals surface area contributed by atoms with E-state index in [0.29, 0.717) is 18.0 Å². The molecule has 1 aliphatic carbocycles. The van der Waals surface area contributed by atoms with Gasteiger partial charge in [-0.05, 0) is 36.5 Å². The Bertz CT molecular complexity index is 453. The van der Waals surface area contributed by atoms with Gasteiger partial charge in [-0.3, -0.25) is 0 Å². The van der Waals surface area contributed by atoms with Crippen molar-refractivity contribution in [1.82, 2.24) is 5.32 Å². The average molecular weight is 274 g/mol. The quantitative estimate of drug-likeness (QED) is 0.764. The fourth-order valence-corrected chi connectivity index (χ4v) is 2.73. The van der Waals surface area contributed by atoms with Crippen LogP contribution >= 0.6 is 0 Å². The van der Waals surface area contributed by atoms with E-state index in [9.17, 15) is 10.2 Å². The van der Waals surface area contributed by atoms with Crippen molar-refractivity contribution >= 4 is 0 Å². The third-order valence-electron chi connectivity index (χ3n) is 4.04. The van der Waals surface area contributed by atoms with Crippen molar-refractivity contribution in [2.24, 2.45) is 5.92 Å². The van der Waals surface area contributed by atoms with Crippen LogP contribution in [0.1, 0.15) is 42.9 Å². The minimum absolute atomic E-state index is 0.205. The first-order chi connectivity index (χ1) is 9.70. The summed E-state index contributed by atoms with van der Waals surface area (Å²) in [4.78, 5) is 0. The molecule has 0 radical (unpaired) electrons. The van der Waals surface area contributed by atoms with Gasteiger partial charge < -0.3 is 15.5 Å². The van der Waals surface area contributed by atoms with Gasteiger partial charge in [-0.15, -0.1) is 0 Å². The summed E-state index contributed by atoms with van der Waals surface area (Å²) < 4.78 is 0.